The third-order valence-corrected chi connectivity index (χ3v) is 7.55. The third-order valence-electron chi connectivity index (χ3n) is 6.64. The molecule has 6 rings (SSSR count). The first-order chi connectivity index (χ1) is 18.2. The van der Waals surface area contributed by atoms with Crippen molar-refractivity contribution in [3.63, 3.8) is 0 Å². The predicted molar refractivity (Wildman–Crippen MR) is 139 cm³/mol. The first-order valence-electron chi connectivity index (χ1n) is 12.2. The second-order valence-corrected chi connectivity index (χ2v) is 9.94. The van der Waals surface area contributed by atoms with Gasteiger partial charge in [0.05, 0.1) is 17.6 Å². The number of amides is 1. The van der Waals surface area contributed by atoms with Crippen LogP contribution in [0.2, 0.25) is 0 Å². The van der Waals surface area contributed by atoms with Gasteiger partial charge in [-0.15, -0.1) is 10.2 Å². The largest absolute Gasteiger partial charge is 0.469 e. The van der Waals surface area contributed by atoms with Gasteiger partial charge in [-0.25, -0.2) is 0 Å². The van der Waals surface area contributed by atoms with E-state index in [1.54, 1.807) is 6.26 Å². The molecule has 2 aromatic carbocycles. The molecule has 10 heteroatoms. The zero-order valence-corrected chi connectivity index (χ0v) is 21.3. The minimum absolute atomic E-state index is 0.108. The lowest BCUT2D eigenvalue weighted by Gasteiger charge is -2.34. The van der Waals surface area contributed by atoms with E-state index in [2.05, 4.69) is 21.2 Å². The van der Waals surface area contributed by atoms with Crippen molar-refractivity contribution in [1.82, 2.24) is 24.6 Å². The highest BCUT2D eigenvalue weighted by atomic mass is 32.2. The SMILES string of the molecule is Cc1occc1-c1nnc(SCC(=O)N2CCN(Cc3ccc4c(c3)OCO4)CC2)n1-c1ccccc1. The van der Waals surface area contributed by atoms with E-state index in [-0.39, 0.29) is 12.7 Å². The lowest BCUT2D eigenvalue weighted by molar-refractivity contribution is -0.130. The Morgan fingerprint density at radius 1 is 0.973 bits per heavy atom. The standard InChI is InChI=1S/C27H27N5O4S/c1-19-22(9-14-34-19)26-28-29-27(32(26)21-5-3-2-4-6-21)37-17-25(33)31-12-10-30(11-13-31)16-20-7-8-23-24(15-20)36-18-35-23/h2-9,14-15H,10-13,16-18H2,1H3. The van der Waals surface area contributed by atoms with Crippen LogP contribution >= 0.6 is 11.8 Å². The zero-order chi connectivity index (χ0) is 25.2. The van der Waals surface area contributed by atoms with Crippen molar-refractivity contribution in [3.8, 4) is 28.6 Å². The smallest absolute Gasteiger partial charge is 0.233 e. The van der Waals surface area contributed by atoms with Crippen LogP contribution < -0.4 is 9.47 Å². The van der Waals surface area contributed by atoms with Crippen LogP contribution in [-0.2, 0) is 11.3 Å². The van der Waals surface area contributed by atoms with Crippen LogP contribution in [0.25, 0.3) is 17.1 Å². The van der Waals surface area contributed by atoms with Crippen molar-refractivity contribution in [3.05, 3.63) is 72.2 Å². The van der Waals surface area contributed by atoms with Crippen LogP contribution in [0.15, 0.2) is 70.4 Å². The minimum atomic E-state index is 0.108. The number of rotatable bonds is 7. The number of para-hydroxylation sites is 1. The number of carbonyl (C=O) groups is 1. The number of ether oxygens (including phenoxy) is 2. The van der Waals surface area contributed by atoms with Crippen LogP contribution in [-0.4, -0.2) is 69.2 Å². The van der Waals surface area contributed by atoms with Crippen molar-refractivity contribution in [2.24, 2.45) is 0 Å². The number of carbonyl (C=O) groups excluding carboxylic acids is 1. The lowest BCUT2D eigenvalue weighted by atomic mass is 10.1. The molecule has 2 aromatic heterocycles. The Morgan fingerprint density at radius 3 is 2.57 bits per heavy atom. The Hall–Kier alpha value is -3.76. The molecule has 2 aliphatic rings. The molecule has 0 bridgehead atoms. The number of thioether (sulfide) groups is 1. The highest BCUT2D eigenvalue weighted by Gasteiger charge is 2.24. The Balaban J connectivity index is 1.09. The number of nitrogens with zero attached hydrogens (tertiary/aromatic N) is 5. The fourth-order valence-electron chi connectivity index (χ4n) is 4.64. The lowest BCUT2D eigenvalue weighted by Crippen LogP contribution is -2.48. The Morgan fingerprint density at radius 2 is 1.78 bits per heavy atom. The first kappa shape index (κ1) is 23.6. The number of piperazine rings is 1. The average Bonchev–Trinajstić information content (AvgIpc) is 3.67. The summed E-state index contributed by atoms with van der Waals surface area (Å²) in [5.41, 5.74) is 3.01. The number of hydrogen-bond donors (Lipinski definition) is 0. The van der Waals surface area contributed by atoms with Gasteiger partial charge in [0.25, 0.3) is 0 Å². The maximum absolute atomic E-state index is 13.1. The molecular formula is C27H27N5O4S. The van der Waals surface area contributed by atoms with Gasteiger partial charge in [0.2, 0.25) is 12.7 Å². The third kappa shape index (κ3) is 4.94. The van der Waals surface area contributed by atoms with E-state index in [1.165, 1.54) is 17.3 Å². The second kappa shape index (κ2) is 10.3. The van der Waals surface area contributed by atoms with Crippen molar-refractivity contribution in [2.45, 2.75) is 18.6 Å². The molecule has 0 N–H and O–H groups in total. The summed E-state index contributed by atoms with van der Waals surface area (Å²) < 4.78 is 18.4. The molecule has 0 aliphatic carbocycles. The van der Waals surface area contributed by atoms with Crippen LogP contribution in [0.5, 0.6) is 11.5 Å². The van der Waals surface area contributed by atoms with Gasteiger partial charge in [-0.2, -0.15) is 0 Å². The summed E-state index contributed by atoms with van der Waals surface area (Å²) >= 11 is 1.41. The monoisotopic (exact) mass is 517 g/mol. The maximum atomic E-state index is 13.1. The van der Waals surface area contributed by atoms with Crippen LogP contribution in [0, 0.1) is 6.92 Å². The Labute approximate surface area is 219 Å². The summed E-state index contributed by atoms with van der Waals surface area (Å²) in [6, 6.07) is 17.9. The molecule has 4 aromatic rings. The summed E-state index contributed by atoms with van der Waals surface area (Å²) in [4.78, 5) is 17.4. The highest BCUT2D eigenvalue weighted by molar-refractivity contribution is 7.99. The van der Waals surface area contributed by atoms with Crippen molar-refractivity contribution in [2.75, 3.05) is 38.7 Å². The van der Waals surface area contributed by atoms with E-state index < -0.39 is 0 Å². The molecule has 0 atom stereocenters. The van der Waals surface area contributed by atoms with E-state index >= 15 is 0 Å². The van der Waals surface area contributed by atoms with E-state index in [4.69, 9.17) is 13.9 Å². The molecule has 0 unspecified atom stereocenters. The number of furan rings is 1. The molecular weight excluding hydrogens is 490 g/mol. The van der Waals surface area contributed by atoms with Crippen LogP contribution in [0.4, 0.5) is 0 Å². The Kier molecular flexibility index (Phi) is 6.58. The number of aryl methyl sites for hydroxylation is 1. The van der Waals surface area contributed by atoms with Gasteiger partial charge in [-0.1, -0.05) is 36.0 Å². The number of fused-ring (bicyclic) bond motifs is 1. The Bertz CT molecular complexity index is 1400. The molecule has 190 valence electrons. The molecule has 1 saturated heterocycles. The zero-order valence-electron chi connectivity index (χ0n) is 20.5. The summed E-state index contributed by atoms with van der Waals surface area (Å²) in [7, 11) is 0. The number of benzene rings is 2. The van der Waals surface area contributed by atoms with Crippen LogP contribution in [0.1, 0.15) is 11.3 Å². The summed E-state index contributed by atoms with van der Waals surface area (Å²) in [5.74, 6) is 3.48. The van der Waals surface area contributed by atoms with Crippen molar-refractivity contribution >= 4 is 17.7 Å². The van der Waals surface area contributed by atoms with E-state index in [0.717, 1.165) is 48.1 Å². The summed E-state index contributed by atoms with van der Waals surface area (Å²) in [6.07, 6.45) is 1.65. The quantitative estimate of drug-likeness (QED) is 0.340. The second-order valence-electron chi connectivity index (χ2n) is 9.00. The molecule has 1 amide bonds. The molecule has 0 radical (unpaired) electrons. The van der Waals surface area contributed by atoms with Gasteiger partial charge in [0, 0.05) is 38.4 Å². The molecule has 0 saturated carbocycles. The molecule has 0 spiro atoms. The fraction of sp³-hybridized carbons (Fsp3) is 0.296. The molecule has 37 heavy (non-hydrogen) atoms. The van der Waals surface area contributed by atoms with Gasteiger partial charge in [0.1, 0.15) is 5.76 Å². The molecule has 1 fully saturated rings. The molecule has 4 heterocycles. The van der Waals surface area contributed by atoms with Crippen molar-refractivity contribution < 1.29 is 18.7 Å². The van der Waals surface area contributed by atoms with Gasteiger partial charge >= 0.3 is 0 Å². The molecule has 2 aliphatic heterocycles. The van der Waals surface area contributed by atoms with Gasteiger partial charge in [0.15, 0.2) is 22.5 Å². The van der Waals surface area contributed by atoms with Gasteiger partial charge in [-0.3, -0.25) is 14.3 Å². The highest BCUT2D eigenvalue weighted by Crippen LogP contribution is 2.33. The molecule has 9 nitrogen and oxygen atoms in total. The van der Waals surface area contributed by atoms with E-state index in [9.17, 15) is 4.79 Å². The van der Waals surface area contributed by atoms with Crippen molar-refractivity contribution in [1.29, 1.82) is 0 Å². The normalized spacial score (nSPS) is 15.3. The van der Waals surface area contributed by atoms with Crippen LogP contribution in [0.3, 0.4) is 0 Å². The maximum Gasteiger partial charge on any atom is 0.233 e. The average molecular weight is 518 g/mol. The topological polar surface area (TPSA) is 85.9 Å². The summed E-state index contributed by atoms with van der Waals surface area (Å²) in [6.45, 7) is 6.07. The number of hydrogen-bond acceptors (Lipinski definition) is 8. The van der Waals surface area contributed by atoms with E-state index in [0.29, 0.717) is 29.8 Å². The van der Waals surface area contributed by atoms with Gasteiger partial charge in [-0.05, 0) is 42.8 Å². The number of aromatic nitrogens is 3. The predicted octanol–water partition coefficient (Wildman–Crippen LogP) is 4.00. The first-order valence-corrected chi connectivity index (χ1v) is 13.2. The van der Waals surface area contributed by atoms with E-state index in [1.807, 2.05) is 64.9 Å². The summed E-state index contributed by atoms with van der Waals surface area (Å²) in [5, 5.41) is 9.55. The fourth-order valence-corrected chi connectivity index (χ4v) is 5.49. The minimum Gasteiger partial charge on any atom is -0.469 e. The van der Waals surface area contributed by atoms with Gasteiger partial charge < -0.3 is 18.8 Å².